The van der Waals surface area contributed by atoms with Crippen LogP contribution in [0.5, 0.6) is 0 Å². The average molecular weight is 1150 g/mol. The Kier molecular flexibility index (Phi) is 12.5. The molecule has 87 heavy (non-hydrogen) atoms. The summed E-state index contributed by atoms with van der Waals surface area (Å²) in [5, 5.41) is 5.11. The largest absolute Gasteiger partial charge is 0.311 e. The molecule has 15 rings (SSSR count). The molecule has 2 aromatic heterocycles. The van der Waals surface area contributed by atoms with E-state index in [1.807, 2.05) is 11.3 Å². The van der Waals surface area contributed by atoms with Crippen molar-refractivity contribution in [3.63, 3.8) is 0 Å². The summed E-state index contributed by atoms with van der Waals surface area (Å²) in [5.41, 5.74) is 28.0. The molecule has 13 aromatic rings. The average Bonchev–Trinajstić information content (AvgIpc) is 1.43. The number of benzene rings is 11. The second-order valence-electron chi connectivity index (χ2n) is 27.6. The minimum absolute atomic E-state index is 0.00625. The Bertz CT molecular complexity index is 4890. The van der Waals surface area contributed by atoms with Crippen molar-refractivity contribution in [1.29, 1.82) is 0 Å². The van der Waals surface area contributed by atoms with Crippen molar-refractivity contribution in [1.82, 2.24) is 4.57 Å². The number of hydrogen-bond acceptors (Lipinski definition) is 4. The molecule has 0 spiro atoms. The van der Waals surface area contributed by atoms with Crippen molar-refractivity contribution in [3.05, 3.63) is 258 Å². The van der Waals surface area contributed by atoms with Crippen molar-refractivity contribution >= 4 is 128 Å². The summed E-state index contributed by atoms with van der Waals surface area (Å²) in [5.74, 6) is 0. The van der Waals surface area contributed by atoms with Gasteiger partial charge in [0.05, 0.1) is 16.7 Å². The van der Waals surface area contributed by atoms with Gasteiger partial charge in [-0.1, -0.05) is 184 Å². The number of para-hydroxylation sites is 2. The maximum Gasteiger partial charge on any atom is 0.252 e. The molecule has 4 heterocycles. The summed E-state index contributed by atoms with van der Waals surface area (Å²) in [6.07, 6.45) is 0. The van der Waals surface area contributed by atoms with E-state index in [2.05, 4.69) is 327 Å². The first-order chi connectivity index (χ1) is 41.8. The molecule has 0 unspecified atom stereocenters. The lowest BCUT2D eigenvalue weighted by molar-refractivity contribution is 0.590. The van der Waals surface area contributed by atoms with Crippen LogP contribution in [0.1, 0.15) is 95.7 Å². The van der Waals surface area contributed by atoms with Crippen LogP contribution in [0.3, 0.4) is 0 Å². The minimum atomic E-state index is -0.0853. The quantitative estimate of drug-likeness (QED) is 0.148. The van der Waals surface area contributed by atoms with Crippen LogP contribution >= 0.6 is 11.3 Å². The van der Waals surface area contributed by atoms with Crippen LogP contribution < -0.4 is 31.1 Å². The van der Waals surface area contributed by atoms with Crippen LogP contribution in [0.2, 0.25) is 0 Å². The lowest BCUT2D eigenvalue weighted by Gasteiger charge is -2.45. The summed E-state index contributed by atoms with van der Waals surface area (Å²) in [6.45, 7) is 27.8. The molecule has 6 heteroatoms. The van der Waals surface area contributed by atoms with Crippen molar-refractivity contribution in [2.45, 2.75) is 99.3 Å². The lowest BCUT2D eigenvalue weighted by atomic mass is 9.33. The third kappa shape index (κ3) is 8.92. The molecule has 0 atom stereocenters. The number of fused-ring (bicyclic) bond motifs is 10. The van der Waals surface area contributed by atoms with E-state index in [-0.39, 0.29) is 23.0 Å². The predicted molar refractivity (Wildman–Crippen MR) is 378 cm³/mol. The Hall–Kier alpha value is -9.10. The standard InChI is InChI=1S/C81H73BN4S/c1-50-43-73-76-74(44-50)86(77-51(2)45-53(46-52(77)3)62-25-20-26-66-65-24-17-19-28-75(65)87-78(62)66)71-47-56(81(10,11)12)33-41-67(71)82(76)68-42-39-61(49-72(68)85(73)59-36-31-55(32-37-59)80(7,8)9)83(58-34-29-54(30-35-58)79(4,5)6)60-38-40-64-63-23-16-18-27-69(63)84(70(64)48-60)57-21-14-13-15-22-57/h13-49H,1-12H3. The van der Waals surface area contributed by atoms with Crippen LogP contribution in [0.15, 0.2) is 224 Å². The van der Waals surface area contributed by atoms with E-state index >= 15 is 0 Å². The highest BCUT2D eigenvalue weighted by Gasteiger charge is 2.45. The monoisotopic (exact) mass is 1140 g/mol. The molecule has 4 nitrogen and oxygen atoms in total. The fraction of sp³-hybridized carbons (Fsp3) is 0.185. The van der Waals surface area contributed by atoms with Crippen LogP contribution in [-0.4, -0.2) is 11.3 Å². The third-order valence-corrected chi connectivity index (χ3v) is 19.9. The van der Waals surface area contributed by atoms with E-state index in [0.717, 1.165) is 28.4 Å². The number of hydrogen-bond donors (Lipinski definition) is 0. The molecule has 426 valence electrons. The fourth-order valence-corrected chi connectivity index (χ4v) is 15.5. The molecule has 11 aromatic carbocycles. The second-order valence-corrected chi connectivity index (χ2v) is 28.7. The van der Waals surface area contributed by atoms with E-state index in [0.29, 0.717) is 0 Å². The van der Waals surface area contributed by atoms with E-state index in [1.165, 1.54) is 131 Å². The van der Waals surface area contributed by atoms with Gasteiger partial charge in [0.15, 0.2) is 0 Å². The zero-order valence-corrected chi connectivity index (χ0v) is 53.0. The minimum Gasteiger partial charge on any atom is -0.311 e. The van der Waals surface area contributed by atoms with Gasteiger partial charge in [0.2, 0.25) is 0 Å². The first-order valence-corrected chi connectivity index (χ1v) is 31.7. The van der Waals surface area contributed by atoms with Gasteiger partial charge in [0.1, 0.15) is 0 Å². The summed E-state index contributed by atoms with van der Waals surface area (Å²) in [7, 11) is 0. The fourth-order valence-electron chi connectivity index (χ4n) is 14.3. The molecule has 0 saturated carbocycles. The van der Waals surface area contributed by atoms with Crippen LogP contribution in [0.4, 0.5) is 51.2 Å². The van der Waals surface area contributed by atoms with Gasteiger partial charge in [-0.25, -0.2) is 0 Å². The lowest BCUT2D eigenvalue weighted by Crippen LogP contribution is -2.61. The van der Waals surface area contributed by atoms with E-state index < -0.39 is 0 Å². The third-order valence-electron chi connectivity index (χ3n) is 18.7. The van der Waals surface area contributed by atoms with Gasteiger partial charge in [0.25, 0.3) is 6.71 Å². The van der Waals surface area contributed by atoms with Gasteiger partial charge in [-0.05, 0) is 201 Å². The highest BCUT2D eigenvalue weighted by atomic mass is 32.1. The summed E-state index contributed by atoms with van der Waals surface area (Å²) in [4.78, 5) is 7.72. The van der Waals surface area contributed by atoms with E-state index in [4.69, 9.17) is 0 Å². The second kappa shape index (κ2) is 20.0. The van der Waals surface area contributed by atoms with Gasteiger partial charge in [-0.3, -0.25) is 0 Å². The van der Waals surface area contributed by atoms with Gasteiger partial charge in [-0.15, -0.1) is 11.3 Å². The zero-order valence-electron chi connectivity index (χ0n) is 52.1. The molecule has 0 fully saturated rings. The van der Waals surface area contributed by atoms with Crippen LogP contribution in [0, 0.1) is 20.8 Å². The van der Waals surface area contributed by atoms with Crippen LogP contribution in [-0.2, 0) is 16.2 Å². The van der Waals surface area contributed by atoms with Gasteiger partial charge >= 0.3 is 0 Å². The Morgan fingerprint density at radius 3 is 1.62 bits per heavy atom. The molecule has 0 radical (unpaired) electrons. The zero-order chi connectivity index (χ0) is 60.0. The van der Waals surface area contributed by atoms with E-state index in [9.17, 15) is 0 Å². The van der Waals surface area contributed by atoms with Crippen LogP contribution in [0.25, 0.3) is 58.8 Å². The highest BCUT2D eigenvalue weighted by molar-refractivity contribution is 7.26. The number of anilines is 9. The SMILES string of the molecule is Cc1cc2c3c(c1)N(c1c(C)cc(-c4cccc5c4sc4ccccc45)cc1C)c1cc(C(C)(C)C)ccc1B3c1ccc(N(c3ccc(C(C)(C)C)cc3)c3ccc4c5ccccc5n(-c5ccccc5)c4c3)cc1N2c1ccc(C(C)(C)C)cc1. The summed E-state index contributed by atoms with van der Waals surface area (Å²) in [6, 6.07) is 85.7. The maximum atomic E-state index is 2.65. The molecular weight excluding hydrogens is 1070 g/mol. The normalized spacial score (nSPS) is 13.2. The molecule has 0 bridgehead atoms. The number of aryl methyl sites for hydroxylation is 3. The van der Waals surface area contributed by atoms with Crippen molar-refractivity contribution in [2.24, 2.45) is 0 Å². The van der Waals surface area contributed by atoms with Gasteiger partial charge < -0.3 is 19.3 Å². The Morgan fingerprint density at radius 1 is 0.391 bits per heavy atom. The number of nitrogens with zero attached hydrogens (tertiary/aromatic N) is 4. The molecule has 0 N–H and O–H groups in total. The van der Waals surface area contributed by atoms with Crippen molar-refractivity contribution in [3.8, 4) is 16.8 Å². The molecule has 0 aliphatic carbocycles. The summed E-state index contributed by atoms with van der Waals surface area (Å²) < 4.78 is 5.09. The predicted octanol–water partition coefficient (Wildman–Crippen LogP) is 21.2. The Labute approximate surface area is 517 Å². The van der Waals surface area contributed by atoms with Gasteiger partial charge in [-0.2, -0.15) is 0 Å². The van der Waals surface area contributed by atoms with E-state index in [1.54, 1.807) is 0 Å². The smallest absolute Gasteiger partial charge is 0.252 e. The highest BCUT2D eigenvalue weighted by Crippen LogP contribution is 2.50. The maximum absolute atomic E-state index is 2.65. The topological polar surface area (TPSA) is 14.7 Å². The molecular formula is C81H73BN4S. The number of thiophene rings is 1. The molecule has 0 saturated heterocycles. The van der Waals surface area contributed by atoms with Crippen molar-refractivity contribution in [2.75, 3.05) is 14.7 Å². The Balaban J connectivity index is 0.967. The summed E-state index contributed by atoms with van der Waals surface area (Å²) >= 11 is 1.90. The molecule has 2 aliphatic rings. The van der Waals surface area contributed by atoms with Gasteiger partial charge in [0, 0.05) is 82.1 Å². The first-order valence-electron chi connectivity index (χ1n) is 30.9. The first kappa shape index (κ1) is 54.6. The van der Waals surface area contributed by atoms with Crippen molar-refractivity contribution < 1.29 is 0 Å². The molecule has 0 amide bonds. The Morgan fingerprint density at radius 2 is 0.931 bits per heavy atom. The number of aromatic nitrogens is 1. The number of rotatable bonds is 7. The molecule has 2 aliphatic heterocycles.